The maximum Gasteiger partial charge on any atom is 0.243 e. The fraction of sp³-hybridized carbons (Fsp3) is 0.375. The Labute approximate surface area is 239 Å². The maximum absolute atomic E-state index is 13.9. The lowest BCUT2D eigenvalue weighted by Gasteiger charge is -2.32. The van der Waals surface area contributed by atoms with E-state index in [0.717, 1.165) is 22.3 Å². The Kier molecular flexibility index (Phi) is 10.9. The molecule has 1 unspecified atom stereocenters. The molecule has 0 heterocycles. The molecule has 40 heavy (non-hydrogen) atoms. The van der Waals surface area contributed by atoms with Crippen LogP contribution in [0.4, 0.5) is 5.69 Å². The van der Waals surface area contributed by atoms with E-state index in [1.54, 1.807) is 11.0 Å². The molecule has 0 radical (unpaired) electrons. The Morgan fingerprint density at radius 2 is 1.48 bits per heavy atom. The number of anilines is 1. The van der Waals surface area contributed by atoms with Gasteiger partial charge in [-0.2, -0.15) is 0 Å². The number of amides is 2. The zero-order valence-corrected chi connectivity index (χ0v) is 24.9. The molecule has 0 fully saturated rings. The molecule has 0 aliphatic rings. The molecule has 0 saturated heterocycles. The highest BCUT2D eigenvalue weighted by Crippen LogP contribution is 2.21. The Balaban J connectivity index is 1.88. The standard InChI is InChI=1S/C32H41N3O4S/c1-24(2)33-32(37)30(22-27-14-7-6-8-15-27)34(23-28-16-9-12-25(3)20-28)31(36)18-11-19-35(40(5,38)39)29-17-10-13-26(4)21-29/h6-10,12-17,20-21,24,30H,11,18-19,22-23H2,1-5H3,(H,33,37). The van der Waals surface area contributed by atoms with E-state index in [9.17, 15) is 18.0 Å². The number of carbonyl (C=O) groups excluding carboxylic acids is 2. The van der Waals surface area contributed by atoms with Crippen molar-refractivity contribution in [3.63, 3.8) is 0 Å². The minimum Gasteiger partial charge on any atom is -0.352 e. The van der Waals surface area contributed by atoms with E-state index < -0.39 is 16.1 Å². The van der Waals surface area contributed by atoms with Gasteiger partial charge in [0.05, 0.1) is 11.9 Å². The van der Waals surface area contributed by atoms with Gasteiger partial charge in [0.25, 0.3) is 0 Å². The maximum atomic E-state index is 13.9. The first-order chi connectivity index (χ1) is 18.9. The summed E-state index contributed by atoms with van der Waals surface area (Å²) in [5.74, 6) is -0.406. The molecule has 1 N–H and O–H groups in total. The van der Waals surface area contributed by atoms with Crippen molar-refractivity contribution >= 4 is 27.5 Å². The van der Waals surface area contributed by atoms with Gasteiger partial charge in [0.15, 0.2) is 0 Å². The molecular formula is C32H41N3O4S. The van der Waals surface area contributed by atoms with E-state index in [4.69, 9.17) is 0 Å². The molecule has 0 bridgehead atoms. The van der Waals surface area contributed by atoms with Crippen LogP contribution in [-0.2, 0) is 32.6 Å². The second kappa shape index (κ2) is 14.1. The van der Waals surface area contributed by atoms with Gasteiger partial charge in [-0.25, -0.2) is 8.42 Å². The van der Waals surface area contributed by atoms with E-state index >= 15 is 0 Å². The normalized spacial score (nSPS) is 12.2. The number of nitrogens with zero attached hydrogens (tertiary/aromatic N) is 2. The molecule has 3 aromatic rings. The molecule has 0 spiro atoms. The Bertz CT molecular complexity index is 1390. The van der Waals surface area contributed by atoms with Crippen molar-refractivity contribution in [2.75, 3.05) is 17.1 Å². The molecule has 0 aromatic heterocycles. The van der Waals surface area contributed by atoms with Crippen LogP contribution < -0.4 is 9.62 Å². The highest BCUT2D eigenvalue weighted by Gasteiger charge is 2.31. The summed E-state index contributed by atoms with van der Waals surface area (Å²) in [4.78, 5) is 29.0. The fourth-order valence-corrected chi connectivity index (χ4v) is 5.69. The van der Waals surface area contributed by atoms with Gasteiger partial charge in [-0.3, -0.25) is 13.9 Å². The summed E-state index contributed by atoms with van der Waals surface area (Å²) in [5, 5.41) is 3.00. The molecule has 0 aliphatic carbocycles. The first kappa shape index (κ1) is 30.9. The summed E-state index contributed by atoms with van der Waals surface area (Å²) in [5.41, 5.74) is 4.48. The molecule has 7 nitrogen and oxygen atoms in total. The first-order valence-corrected chi connectivity index (χ1v) is 15.5. The van der Waals surface area contributed by atoms with Crippen molar-refractivity contribution in [3.8, 4) is 0 Å². The highest BCUT2D eigenvalue weighted by molar-refractivity contribution is 7.92. The van der Waals surface area contributed by atoms with Gasteiger partial charge < -0.3 is 10.2 Å². The van der Waals surface area contributed by atoms with Gasteiger partial charge >= 0.3 is 0 Å². The van der Waals surface area contributed by atoms with Gasteiger partial charge in [0.1, 0.15) is 6.04 Å². The van der Waals surface area contributed by atoms with Crippen LogP contribution in [0.3, 0.4) is 0 Å². The molecule has 214 valence electrons. The number of hydrogen-bond donors (Lipinski definition) is 1. The Hall–Kier alpha value is -3.65. The molecule has 0 saturated carbocycles. The lowest BCUT2D eigenvalue weighted by molar-refractivity contribution is -0.141. The molecule has 3 rings (SSSR count). The summed E-state index contributed by atoms with van der Waals surface area (Å²) in [6.45, 7) is 8.13. The van der Waals surface area contributed by atoms with Crippen LogP contribution in [0, 0.1) is 13.8 Å². The van der Waals surface area contributed by atoms with Crippen LogP contribution in [0.1, 0.15) is 48.9 Å². The smallest absolute Gasteiger partial charge is 0.243 e. The van der Waals surface area contributed by atoms with Crippen molar-refractivity contribution in [2.24, 2.45) is 0 Å². The van der Waals surface area contributed by atoms with Crippen LogP contribution in [0.25, 0.3) is 0 Å². The highest BCUT2D eigenvalue weighted by atomic mass is 32.2. The third-order valence-electron chi connectivity index (χ3n) is 6.58. The lowest BCUT2D eigenvalue weighted by atomic mass is 10.0. The van der Waals surface area contributed by atoms with E-state index in [-0.39, 0.29) is 37.4 Å². The topological polar surface area (TPSA) is 86.8 Å². The van der Waals surface area contributed by atoms with Crippen LogP contribution in [0.2, 0.25) is 0 Å². The second-order valence-electron chi connectivity index (χ2n) is 10.7. The summed E-state index contributed by atoms with van der Waals surface area (Å²) >= 11 is 0. The predicted molar refractivity (Wildman–Crippen MR) is 162 cm³/mol. The zero-order chi connectivity index (χ0) is 29.3. The first-order valence-electron chi connectivity index (χ1n) is 13.7. The van der Waals surface area contributed by atoms with Crippen molar-refractivity contribution < 1.29 is 18.0 Å². The van der Waals surface area contributed by atoms with Crippen LogP contribution in [0.5, 0.6) is 0 Å². The number of benzene rings is 3. The molecule has 2 amide bonds. The third-order valence-corrected chi connectivity index (χ3v) is 7.77. The monoisotopic (exact) mass is 563 g/mol. The Morgan fingerprint density at radius 3 is 2.08 bits per heavy atom. The number of rotatable bonds is 13. The predicted octanol–water partition coefficient (Wildman–Crippen LogP) is 5.01. The quantitative estimate of drug-likeness (QED) is 0.317. The third kappa shape index (κ3) is 9.23. The van der Waals surface area contributed by atoms with E-state index in [1.165, 1.54) is 10.6 Å². The molecular weight excluding hydrogens is 522 g/mol. The van der Waals surface area contributed by atoms with Crippen molar-refractivity contribution in [3.05, 3.63) is 101 Å². The summed E-state index contributed by atoms with van der Waals surface area (Å²) in [6.07, 6.45) is 1.96. The largest absolute Gasteiger partial charge is 0.352 e. The van der Waals surface area contributed by atoms with Crippen molar-refractivity contribution in [2.45, 2.75) is 65.6 Å². The van der Waals surface area contributed by atoms with Gasteiger partial charge in [-0.1, -0.05) is 72.3 Å². The fourth-order valence-electron chi connectivity index (χ4n) is 4.73. The van der Waals surface area contributed by atoms with Crippen LogP contribution in [-0.4, -0.2) is 50.0 Å². The van der Waals surface area contributed by atoms with E-state index in [2.05, 4.69) is 5.32 Å². The number of carbonyl (C=O) groups is 2. The van der Waals surface area contributed by atoms with Gasteiger partial charge in [0.2, 0.25) is 21.8 Å². The summed E-state index contributed by atoms with van der Waals surface area (Å²) in [6, 6.07) is 24.1. The number of sulfonamides is 1. The van der Waals surface area contributed by atoms with E-state index in [1.807, 2.05) is 100 Å². The average molecular weight is 564 g/mol. The summed E-state index contributed by atoms with van der Waals surface area (Å²) in [7, 11) is -3.55. The molecule has 0 aliphatic heterocycles. The number of aryl methyl sites for hydroxylation is 2. The SMILES string of the molecule is Cc1cccc(CN(C(=O)CCCN(c2cccc(C)c2)S(C)(=O)=O)C(Cc2ccccc2)C(=O)NC(C)C)c1. The molecule has 8 heteroatoms. The van der Waals surface area contributed by atoms with E-state index in [0.29, 0.717) is 18.5 Å². The molecule has 1 atom stereocenters. The number of nitrogens with one attached hydrogen (secondary N) is 1. The summed E-state index contributed by atoms with van der Waals surface area (Å²) < 4.78 is 26.6. The zero-order valence-electron chi connectivity index (χ0n) is 24.1. The minimum atomic E-state index is -3.55. The Morgan fingerprint density at radius 1 is 0.850 bits per heavy atom. The van der Waals surface area contributed by atoms with Crippen molar-refractivity contribution in [1.29, 1.82) is 0 Å². The van der Waals surface area contributed by atoms with Crippen LogP contribution in [0.15, 0.2) is 78.9 Å². The molecule has 3 aromatic carbocycles. The number of hydrogen-bond acceptors (Lipinski definition) is 4. The van der Waals surface area contributed by atoms with Crippen molar-refractivity contribution in [1.82, 2.24) is 10.2 Å². The van der Waals surface area contributed by atoms with Crippen LogP contribution >= 0.6 is 0 Å². The minimum absolute atomic E-state index is 0.0839. The van der Waals surface area contributed by atoms with Gasteiger partial charge in [-0.05, 0) is 62.9 Å². The van der Waals surface area contributed by atoms with Gasteiger partial charge in [-0.15, -0.1) is 0 Å². The lowest BCUT2D eigenvalue weighted by Crippen LogP contribution is -2.51. The average Bonchev–Trinajstić information content (AvgIpc) is 2.88. The van der Waals surface area contributed by atoms with Gasteiger partial charge in [0, 0.05) is 32.0 Å². The second-order valence-corrected chi connectivity index (χ2v) is 12.6.